The van der Waals surface area contributed by atoms with Crippen molar-refractivity contribution in [1.29, 1.82) is 0 Å². The van der Waals surface area contributed by atoms with E-state index in [9.17, 15) is 4.79 Å². The van der Waals surface area contributed by atoms with Gasteiger partial charge in [0.2, 0.25) is 5.91 Å². The molecule has 2 aromatic rings. The Morgan fingerprint density at radius 1 is 1.12 bits per heavy atom. The normalized spacial score (nSPS) is 18.9. The molecule has 32 heavy (non-hydrogen) atoms. The van der Waals surface area contributed by atoms with Crippen molar-refractivity contribution in [2.75, 3.05) is 34.3 Å². The van der Waals surface area contributed by atoms with Gasteiger partial charge in [-0.1, -0.05) is 42.5 Å². The van der Waals surface area contributed by atoms with Crippen LogP contribution in [-0.2, 0) is 17.9 Å². The van der Waals surface area contributed by atoms with Crippen LogP contribution in [0, 0.1) is 0 Å². The van der Waals surface area contributed by atoms with Gasteiger partial charge in [-0.25, -0.2) is 4.99 Å². The maximum absolute atomic E-state index is 12.1. The molecule has 2 atom stereocenters. The molecule has 1 aliphatic heterocycles. The van der Waals surface area contributed by atoms with Crippen molar-refractivity contribution in [3.05, 3.63) is 65.7 Å². The number of aliphatic imine (C=N–C) groups is 1. The number of amides is 1. The van der Waals surface area contributed by atoms with Crippen molar-refractivity contribution in [3.63, 3.8) is 0 Å². The molecule has 3 rings (SSSR count). The van der Waals surface area contributed by atoms with Crippen molar-refractivity contribution in [2.45, 2.75) is 38.5 Å². The smallest absolute Gasteiger partial charge is 0.241 e. The Morgan fingerprint density at radius 3 is 2.50 bits per heavy atom. The SMILES string of the molecule is COc1ccc(CN=C(NCC(=O)N(C)C)NC2CC(C)N(Cc3ccccc3)C2)cc1. The highest BCUT2D eigenvalue weighted by Gasteiger charge is 2.29. The lowest BCUT2D eigenvalue weighted by atomic mass is 10.2. The zero-order chi connectivity index (χ0) is 22.9. The number of guanidine groups is 1. The lowest BCUT2D eigenvalue weighted by Crippen LogP contribution is -2.47. The van der Waals surface area contributed by atoms with Gasteiger partial charge in [0.15, 0.2) is 5.96 Å². The van der Waals surface area contributed by atoms with Crippen LogP contribution in [0.4, 0.5) is 0 Å². The minimum atomic E-state index is 0.00874. The summed E-state index contributed by atoms with van der Waals surface area (Å²) in [5.41, 5.74) is 2.40. The fraction of sp³-hybridized carbons (Fsp3) is 0.440. The molecule has 0 aliphatic carbocycles. The lowest BCUT2D eigenvalue weighted by Gasteiger charge is -2.21. The van der Waals surface area contributed by atoms with Crippen LogP contribution >= 0.6 is 0 Å². The van der Waals surface area contributed by atoms with Crippen LogP contribution in [0.2, 0.25) is 0 Å². The van der Waals surface area contributed by atoms with E-state index in [0.29, 0.717) is 18.5 Å². The van der Waals surface area contributed by atoms with Crippen molar-refractivity contribution in [3.8, 4) is 5.75 Å². The van der Waals surface area contributed by atoms with Crippen molar-refractivity contribution >= 4 is 11.9 Å². The van der Waals surface area contributed by atoms with E-state index in [0.717, 1.165) is 30.8 Å². The fourth-order valence-electron chi connectivity index (χ4n) is 3.81. The Balaban J connectivity index is 1.63. The highest BCUT2D eigenvalue weighted by atomic mass is 16.5. The van der Waals surface area contributed by atoms with Gasteiger partial charge in [0.05, 0.1) is 20.2 Å². The number of nitrogens with zero attached hydrogens (tertiary/aromatic N) is 3. The molecule has 1 aliphatic rings. The zero-order valence-electron chi connectivity index (χ0n) is 19.5. The number of hydrogen-bond acceptors (Lipinski definition) is 4. The largest absolute Gasteiger partial charge is 0.497 e. The summed E-state index contributed by atoms with van der Waals surface area (Å²) < 4.78 is 5.23. The number of likely N-dealkylation sites (N-methyl/N-ethyl adjacent to an activating group) is 1. The first kappa shape index (κ1) is 23.6. The average molecular weight is 438 g/mol. The number of methoxy groups -OCH3 is 1. The van der Waals surface area contributed by atoms with Crippen molar-refractivity contribution in [1.82, 2.24) is 20.4 Å². The lowest BCUT2D eigenvalue weighted by molar-refractivity contribution is -0.127. The van der Waals surface area contributed by atoms with Gasteiger partial charge >= 0.3 is 0 Å². The Kier molecular flexibility index (Phi) is 8.50. The van der Waals surface area contributed by atoms with Gasteiger partial charge in [-0.3, -0.25) is 9.69 Å². The molecule has 7 nitrogen and oxygen atoms in total. The molecule has 2 aromatic carbocycles. The average Bonchev–Trinajstić information content (AvgIpc) is 3.14. The van der Waals surface area contributed by atoms with Crippen LogP contribution in [0.5, 0.6) is 5.75 Å². The van der Waals surface area contributed by atoms with Gasteiger partial charge in [0.1, 0.15) is 5.75 Å². The molecule has 0 bridgehead atoms. The minimum Gasteiger partial charge on any atom is -0.497 e. The summed E-state index contributed by atoms with van der Waals surface area (Å²) in [7, 11) is 5.17. The first-order chi connectivity index (χ1) is 15.4. The number of likely N-dealkylation sites (tertiary alicyclic amines) is 1. The van der Waals surface area contributed by atoms with Crippen LogP contribution < -0.4 is 15.4 Å². The predicted molar refractivity (Wildman–Crippen MR) is 129 cm³/mol. The van der Waals surface area contributed by atoms with E-state index < -0.39 is 0 Å². The number of carbonyl (C=O) groups excluding carboxylic acids is 1. The Labute approximate surface area is 191 Å². The maximum Gasteiger partial charge on any atom is 0.241 e. The monoisotopic (exact) mass is 437 g/mol. The third-order valence-electron chi connectivity index (χ3n) is 5.76. The number of benzene rings is 2. The van der Waals surface area contributed by atoms with E-state index in [4.69, 9.17) is 9.73 Å². The summed E-state index contributed by atoms with van der Waals surface area (Å²) in [5, 5.41) is 6.76. The third kappa shape index (κ3) is 6.99. The van der Waals surface area contributed by atoms with Gasteiger partial charge in [-0.15, -0.1) is 0 Å². The minimum absolute atomic E-state index is 0.00874. The zero-order valence-corrected chi connectivity index (χ0v) is 19.5. The van der Waals surface area contributed by atoms with Crippen LogP contribution in [0.25, 0.3) is 0 Å². The van der Waals surface area contributed by atoms with Gasteiger partial charge in [0.25, 0.3) is 0 Å². The molecule has 2 unspecified atom stereocenters. The maximum atomic E-state index is 12.1. The second kappa shape index (κ2) is 11.5. The molecule has 0 radical (unpaired) electrons. The van der Waals surface area contributed by atoms with E-state index in [2.05, 4.69) is 46.7 Å². The third-order valence-corrected chi connectivity index (χ3v) is 5.76. The number of hydrogen-bond donors (Lipinski definition) is 2. The molecule has 172 valence electrons. The molecule has 1 fully saturated rings. The summed E-state index contributed by atoms with van der Waals surface area (Å²) in [6.45, 7) is 4.86. The highest BCUT2D eigenvalue weighted by Crippen LogP contribution is 2.20. The second-order valence-electron chi connectivity index (χ2n) is 8.50. The van der Waals surface area contributed by atoms with Crippen molar-refractivity contribution in [2.24, 2.45) is 4.99 Å². The first-order valence-electron chi connectivity index (χ1n) is 11.1. The molecule has 2 N–H and O–H groups in total. The number of carbonyl (C=O) groups is 1. The summed E-state index contributed by atoms with van der Waals surface area (Å²) in [6, 6.07) is 19.2. The molecule has 7 heteroatoms. The standard InChI is InChI=1S/C25H35N5O2/c1-19-14-22(18-30(19)17-21-8-6-5-7-9-21)28-25(27-16-24(31)29(2)3)26-15-20-10-12-23(32-4)13-11-20/h5-13,19,22H,14-18H2,1-4H3,(H2,26,27,28). The van der Waals surface area contributed by atoms with Gasteiger partial charge in [-0.2, -0.15) is 0 Å². The summed E-state index contributed by atoms with van der Waals surface area (Å²) in [6.07, 6.45) is 1.03. The van der Waals surface area contributed by atoms with E-state index in [-0.39, 0.29) is 18.5 Å². The summed E-state index contributed by atoms with van der Waals surface area (Å²) >= 11 is 0. The van der Waals surface area contributed by atoms with Crippen LogP contribution in [-0.4, -0.2) is 68.0 Å². The van der Waals surface area contributed by atoms with Gasteiger partial charge < -0.3 is 20.3 Å². The Hall–Kier alpha value is -3.06. The topological polar surface area (TPSA) is 69.2 Å². The predicted octanol–water partition coefficient (Wildman–Crippen LogP) is 2.48. The Morgan fingerprint density at radius 2 is 1.84 bits per heavy atom. The highest BCUT2D eigenvalue weighted by molar-refractivity contribution is 5.86. The second-order valence-corrected chi connectivity index (χ2v) is 8.50. The van der Waals surface area contributed by atoms with Crippen LogP contribution in [0.15, 0.2) is 59.6 Å². The summed E-state index contributed by atoms with van der Waals surface area (Å²) in [4.78, 5) is 20.9. The molecular formula is C25H35N5O2. The molecule has 0 aromatic heterocycles. The first-order valence-corrected chi connectivity index (χ1v) is 11.1. The van der Waals surface area contributed by atoms with E-state index in [1.807, 2.05) is 30.3 Å². The quantitative estimate of drug-likeness (QED) is 0.491. The van der Waals surface area contributed by atoms with Crippen LogP contribution in [0.1, 0.15) is 24.5 Å². The molecule has 1 heterocycles. The van der Waals surface area contributed by atoms with Gasteiger partial charge in [0, 0.05) is 39.3 Å². The number of nitrogens with one attached hydrogen (secondary N) is 2. The van der Waals surface area contributed by atoms with E-state index in [1.54, 1.807) is 26.1 Å². The van der Waals surface area contributed by atoms with E-state index in [1.165, 1.54) is 5.56 Å². The number of rotatable bonds is 8. The van der Waals surface area contributed by atoms with Crippen molar-refractivity contribution < 1.29 is 9.53 Å². The molecular weight excluding hydrogens is 402 g/mol. The van der Waals surface area contributed by atoms with E-state index >= 15 is 0 Å². The molecule has 0 spiro atoms. The molecule has 1 saturated heterocycles. The summed E-state index contributed by atoms with van der Waals surface area (Å²) in [5.74, 6) is 1.49. The Bertz CT molecular complexity index is 883. The van der Waals surface area contributed by atoms with Crippen LogP contribution in [0.3, 0.4) is 0 Å². The molecule has 1 amide bonds. The van der Waals surface area contributed by atoms with Gasteiger partial charge in [-0.05, 0) is 36.6 Å². The fourth-order valence-corrected chi connectivity index (χ4v) is 3.81. The number of ether oxygens (including phenoxy) is 1. The molecule has 0 saturated carbocycles.